The normalized spacial score (nSPS) is 20.8. The third kappa shape index (κ3) is 1.20. The molecule has 0 aliphatic carbocycles. The molecule has 1 aliphatic rings. The predicted octanol–water partition coefficient (Wildman–Crippen LogP) is 1.53. The van der Waals surface area contributed by atoms with E-state index in [-0.39, 0.29) is 5.91 Å². The number of nitrogens with zero attached hydrogens (tertiary/aromatic N) is 1. The minimum Gasteiger partial charge on any atom is -0.332 e. The molecule has 12 heavy (non-hydrogen) atoms. The summed E-state index contributed by atoms with van der Waals surface area (Å²) in [6, 6.07) is 9.85. The fraction of sp³-hybridized carbons (Fsp3) is 0.300. The lowest BCUT2D eigenvalue weighted by Gasteiger charge is -2.00. The zero-order chi connectivity index (χ0) is 8.55. The number of rotatable bonds is 1. The van der Waals surface area contributed by atoms with Gasteiger partial charge in [-0.25, -0.2) is 0 Å². The quantitative estimate of drug-likeness (QED) is 0.572. The first-order valence-corrected chi connectivity index (χ1v) is 4.15. The molecule has 1 saturated heterocycles. The van der Waals surface area contributed by atoms with E-state index in [0.29, 0.717) is 6.04 Å². The van der Waals surface area contributed by atoms with E-state index in [1.807, 2.05) is 35.2 Å². The molecule has 0 saturated carbocycles. The van der Waals surface area contributed by atoms with E-state index in [0.717, 1.165) is 12.1 Å². The van der Waals surface area contributed by atoms with Gasteiger partial charge in [-0.3, -0.25) is 4.79 Å². The Morgan fingerprint density at radius 3 is 2.50 bits per heavy atom. The Bertz CT molecular complexity index is 294. The summed E-state index contributed by atoms with van der Waals surface area (Å²) in [5, 5.41) is 0. The second-order valence-corrected chi connectivity index (χ2v) is 3.17. The molecular weight excluding hydrogens is 150 g/mol. The first-order valence-electron chi connectivity index (χ1n) is 4.15. The van der Waals surface area contributed by atoms with Crippen molar-refractivity contribution in [1.82, 2.24) is 4.90 Å². The van der Waals surface area contributed by atoms with Crippen LogP contribution in [0.15, 0.2) is 30.3 Å². The highest BCUT2D eigenvalue weighted by Crippen LogP contribution is 2.19. The molecule has 2 heteroatoms. The van der Waals surface area contributed by atoms with Crippen molar-refractivity contribution in [2.75, 3.05) is 6.54 Å². The smallest absolute Gasteiger partial charge is 0.254 e. The molecule has 1 aromatic rings. The molecule has 0 spiro atoms. The predicted molar refractivity (Wildman–Crippen MR) is 46.9 cm³/mol. The standard InChI is InChI=1S/C10H11NO/c1-8-7-11(8)10(12)9-5-3-2-4-6-9/h2-6,8H,7H2,1H3. The van der Waals surface area contributed by atoms with Crippen LogP contribution in [0.3, 0.4) is 0 Å². The molecule has 1 amide bonds. The number of benzene rings is 1. The van der Waals surface area contributed by atoms with Crippen LogP contribution in [0.2, 0.25) is 0 Å². The van der Waals surface area contributed by atoms with Gasteiger partial charge in [0.15, 0.2) is 0 Å². The van der Waals surface area contributed by atoms with Crippen LogP contribution in [0.1, 0.15) is 17.3 Å². The molecule has 2 rings (SSSR count). The number of carbonyl (C=O) groups is 1. The number of hydrogen-bond donors (Lipinski definition) is 0. The maximum atomic E-state index is 11.5. The minimum absolute atomic E-state index is 0.156. The van der Waals surface area contributed by atoms with E-state index in [9.17, 15) is 4.79 Å². The maximum Gasteiger partial charge on any atom is 0.254 e. The highest BCUT2D eigenvalue weighted by molar-refractivity contribution is 5.95. The molecule has 1 heterocycles. The van der Waals surface area contributed by atoms with Crippen LogP contribution < -0.4 is 0 Å². The molecular formula is C10H11NO. The maximum absolute atomic E-state index is 11.5. The Morgan fingerprint density at radius 2 is 2.00 bits per heavy atom. The summed E-state index contributed by atoms with van der Waals surface area (Å²) in [5.74, 6) is 0.156. The molecule has 0 radical (unpaired) electrons. The monoisotopic (exact) mass is 161 g/mol. The molecule has 1 aliphatic heterocycles. The van der Waals surface area contributed by atoms with Crippen molar-refractivity contribution in [3.63, 3.8) is 0 Å². The van der Waals surface area contributed by atoms with Gasteiger partial charge in [-0.05, 0) is 19.1 Å². The average molecular weight is 161 g/mol. The number of amides is 1. The van der Waals surface area contributed by atoms with E-state index >= 15 is 0 Å². The summed E-state index contributed by atoms with van der Waals surface area (Å²) >= 11 is 0. The van der Waals surface area contributed by atoms with Crippen molar-refractivity contribution in [3.8, 4) is 0 Å². The van der Waals surface area contributed by atoms with Gasteiger partial charge in [0, 0.05) is 18.2 Å². The average Bonchev–Trinajstić information content (AvgIpc) is 2.83. The molecule has 62 valence electrons. The molecule has 0 bridgehead atoms. The summed E-state index contributed by atoms with van der Waals surface area (Å²) in [5.41, 5.74) is 0.793. The fourth-order valence-corrected chi connectivity index (χ4v) is 1.27. The largest absolute Gasteiger partial charge is 0.332 e. The molecule has 0 aromatic heterocycles. The second-order valence-electron chi connectivity index (χ2n) is 3.17. The van der Waals surface area contributed by atoms with Crippen molar-refractivity contribution < 1.29 is 4.79 Å². The van der Waals surface area contributed by atoms with Gasteiger partial charge in [0.05, 0.1) is 0 Å². The molecule has 1 fully saturated rings. The van der Waals surface area contributed by atoms with Crippen LogP contribution in [0.25, 0.3) is 0 Å². The van der Waals surface area contributed by atoms with Crippen molar-refractivity contribution in [2.45, 2.75) is 13.0 Å². The first kappa shape index (κ1) is 7.35. The van der Waals surface area contributed by atoms with Gasteiger partial charge in [0.25, 0.3) is 5.91 Å². The van der Waals surface area contributed by atoms with Crippen molar-refractivity contribution in [1.29, 1.82) is 0 Å². The third-order valence-electron chi connectivity index (χ3n) is 2.14. The van der Waals surface area contributed by atoms with Crippen LogP contribution >= 0.6 is 0 Å². The van der Waals surface area contributed by atoms with Gasteiger partial charge >= 0.3 is 0 Å². The fourth-order valence-electron chi connectivity index (χ4n) is 1.27. The zero-order valence-electron chi connectivity index (χ0n) is 7.03. The van der Waals surface area contributed by atoms with E-state index in [1.165, 1.54) is 0 Å². The number of carbonyl (C=O) groups excluding carboxylic acids is 1. The Kier molecular flexibility index (Phi) is 1.61. The molecule has 1 aromatic carbocycles. The Balaban J connectivity index is 2.16. The highest BCUT2D eigenvalue weighted by Gasteiger charge is 2.34. The lowest BCUT2D eigenvalue weighted by Crippen LogP contribution is -2.12. The Labute approximate surface area is 71.8 Å². The van der Waals surface area contributed by atoms with Gasteiger partial charge in [-0.15, -0.1) is 0 Å². The summed E-state index contributed by atoms with van der Waals surface area (Å²) in [7, 11) is 0. The molecule has 1 unspecified atom stereocenters. The summed E-state index contributed by atoms with van der Waals surface area (Å²) in [6.45, 7) is 2.97. The molecule has 2 nitrogen and oxygen atoms in total. The molecule has 1 atom stereocenters. The second kappa shape index (κ2) is 2.63. The lowest BCUT2D eigenvalue weighted by molar-refractivity contribution is 0.0876. The Hall–Kier alpha value is -1.31. The van der Waals surface area contributed by atoms with Gasteiger partial charge in [0.1, 0.15) is 0 Å². The van der Waals surface area contributed by atoms with Gasteiger partial charge in [0.2, 0.25) is 0 Å². The van der Waals surface area contributed by atoms with Crippen LogP contribution in [0.4, 0.5) is 0 Å². The first-order chi connectivity index (χ1) is 5.79. The topological polar surface area (TPSA) is 20.1 Å². The molecule has 0 N–H and O–H groups in total. The van der Waals surface area contributed by atoms with Crippen LogP contribution in [-0.4, -0.2) is 23.4 Å². The van der Waals surface area contributed by atoms with Crippen LogP contribution in [-0.2, 0) is 0 Å². The lowest BCUT2D eigenvalue weighted by atomic mass is 10.2. The van der Waals surface area contributed by atoms with Crippen LogP contribution in [0, 0.1) is 0 Å². The highest BCUT2D eigenvalue weighted by atomic mass is 16.2. The van der Waals surface area contributed by atoms with E-state index < -0.39 is 0 Å². The van der Waals surface area contributed by atoms with E-state index in [2.05, 4.69) is 6.92 Å². The van der Waals surface area contributed by atoms with E-state index in [1.54, 1.807) is 0 Å². The van der Waals surface area contributed by atoms with E-state index in [4.69, 9.17) is 0 Å². The summed E-state index contributed by atoms with van der Waals surface area (Å²) in [4.78, 5) is 13.4. The zero-order valence-corrected chi connectivity index (χ0v) is 7.03. The van der Waals surface area contributed by atoms with Crippen molar-refractivity contribution >= 4 is 5.91 Å². The third-order valence-corrected chi connectivity index (χ3v) is 2.14. The van der Waals surface area contributed by atoms with Crippen molar-refractivity contribution in [2.24, 2.45) is 0 Å². The minimum atomic E-state index is 0.156. The Morgan fingerprint density at radius 1 is 1.42 bits per heavy atom. The van der Waals surface area contributed by atoms with Gasteiger partial charge in [-0.1, -0.05) is 18.2 Å². The van der Waals surface area contributed by atoms with Crippen molar-refractivity contribution in [3.05, 3.63) is 35.9 Å². The number of hydrogen-bond acceptors (Lipinski definition) is 1. The SMILES string of the molecule is CC1CN1C(=O)c1ccccc1. The summed E-state index contributed by atoms with van der Waals surface area (Å²) in [6.07, 6.45) is 0. The van der Waals surface area contributed by atoms with Crippen LogP contribution in [0.5, 0.6) is 0 Å². The van der Waals surface area contributed by atoms with Gasteiger partial charge < -0.3 is 4.90 Å². The van der Waals surface area contributed by atoms with Gasteiger partial charge in [-0.2, -0.15) is 0 Å². The summed E-state index contributed by atoms with van der Waals surface area (Å²) < 4.78 is 0.